The number of halogens is 2. The molecule has 0 aliphatic rings. The minimum atomic E-state index is -0.378. The molecule has 2 atom stereocenters. The Morgan fingerprint density at radius 2 is 2.00 bits per heavy atom. The van der Waals surface area contributed by atoms with Crippen LogP contribution in [-0.2, 0) is 0 Å². The fourth-order valence-corrected chi connectivity index (χ4v) is 3.37. The minimum absolute atomic E-state index is 0.116. The molecule has 0 fully saturated rings. The molecule has 0 bridgehead atoms. The Balaban J connectivity index is 2.48. The molecule has 1 heterocycles. The van der Waals surface area contributed by atoms with Crippen molar-refractivity contribution in [2.45, 2.75) is 39.7 Å². The maximum absolute atomic E-state index is 12.8. The van der Waals surface area contributed by atoms with Crippen LogP contribution >= 0.6 is 23.2 Å². The lowest BCUT2D eigenvalue weighted by Gasteiger charge is -2.24. The SMILES string of the molecule is CCC(C)C(CC)n1cnc(C(=O)c2ccc(Cl)cc2Cl)c1C=O. The van der Waals surface area contributed by atoms with E-state index in [0.29, 0.717) is 17.2 Å². The number of rotatable bonds is 7. The van der Waals surface area contributed by atoms with E-state index in [9.17, 15) is 9.59 Å². The highest BCUT2D eigenvalue weighted by Crippen LogP contribution is 2.28. The third-order valence-electron chi connectivity index (χ3n) is 4.41. The summed E-state index contributed by atoms with van der Waals surface area (Å²) in [7, 11) is 0. The molecule has 128 valence electrons. The van der Waals surface area contributed by atoms with E-state index in [1.54, 1.807) is 23.0 Å². The number of hydrogen-bond donors (Lipinski definition) is 0. The number of imidazole rings is 1. The average molecular weight is 367 g/mol. The van der Waals surface area contributed by atoms with Crippen LogP contribution in [0.1, 0.15) is 66.2 Å². The third kappa shape index (κ3) is 3.55. The van der Waals surface area contributed by atoms with Crippen molar-refractivity contribution < 1.29 is 9.59 Å². The second kappa shape index (κ2) is 7.95. The van der Waals surface area contributed by atoms with Crippen LogP contribution in [-0.4, -0.2) is 21.6 Å². The smallest absolute Gasteiger partial charge is 0.215 e. The first-order valence-electron chi connectivity index (χ1n) is 7.96. The first-order chi connectivity index (χ1) is 11.4. The van der Waals surface area contributed by atoms with Crippen LogP contribution in [0.3, 0.4) is 0 Å². The molecule has 1 aromatic heterocycles. The highest BCUT2D eigenvalue weighted by Gasteiger charge is 2.25. The van der Waals surface area contributed by atoms with Gasteiger partial charge in [0.25, 0.3) is 0 Å². The lowest BCUT2D eigenvalue weighted by atomic mass is 9.96. The summed E-state index contributed by atoms with van der Waals surface area (Å²) in [6.07, 6.45) is 4.08. The zero-order chi connectivity index (χ0) is 17.9. The fourth-order valence-electron chi connectivity index (χ4n) is 2.87. The summed E-state index contributed by atoms with van der Waals surface area (Å²) < 4.78 is 1.80. The summed E-state index contributed by atoms with van der Waals surface area (Å²) in [5.41, 5.74) is 0.695. The van der Waals surface area contributed by atoms with Gasteiger partial charge in [-0.3, -0.25) is 9.59 Å². The Hall–Kier alpha value is -1.65. The second-order valence-electron chi connectivity index (χ2n) is 5.82. The Bertz CT molecular complexity index is 755. The number of aromatic nitrogens is 2. The third-order valence-corrected chi connectivity index (χ3v) is 4.96. The Morgan fingerprint density at radius 3 is 2.54 bits per heavy atom. The summed E-state index contributed by atoms with van der Waals surface area (Å²) in [5, 5.41) is 0.688. The van der Waals surface area contributed by atoms with Gasteiger partial charge in [-0.15, -0.1) is 0 Å². The van der Waals surface area contributed by atoms with E-state index in [1.165, 1.54) is 6.07 Å². The van der Waals surface area contributed by atoms with Gasteiger partial charge in [-0.1, -0.05) is 50.4 Å². The van der Waals surface area contributed by atoms with E-state index in [4.69, 9.17) is 23.2 Å². The molecule has 0 saturated heterocycles. The zero-order valence-corrected chi connectivity index (χ0v) is 15.4. The normalized spacial score (nSPS) is 13.5. The summed E-state index contributed by atoms with van der Waals surface area (Å²) >= 11 is 12.0. The Kier molecular flexibility index (Phi) is 6.19. The van der Waals surface area contributed by atoms with Gasteiger partial charge in [0.05, 0.1) is 11.3 Å². The maximum Gasteiger partial charge on any atom is 0.215 e. The number of nitrogens with zero attached hydrogens (tertiary/aromatic N) is 2. The molecule has 0 spiro atoms. The molecular weight excluding hydrogens is 347 g/mol. The van der Waals surface area contributed by atoms with Crippen LogP contribution in [0.5, 0.6) is 0 Å². The van der Waals surface area contributed by atoms with Crippen molar-refractivity contribution in [1.82, 2.24) is 9.55 Å². The van der Waals surface area contributed by atoms with Crippen LogP contribution < -0.4 is 0 Å². The predicted octanol–water partition coefficient (Wildman–Crippen LogP) is 5.23. The van der Waals surface area contributed by atoms with Crippen molar-refractivity contribution in [2.24, 2.45) is 5.92 Å². The van der Waals surface area contributed by atoms with Crippen LogP contribution in [0.25, 0.3) is 0 Å². The number of carbonyl (C=O) groups excluding carboxylic acids is 2. The number of benzene rings is 1. The minimum Gasteiger partial charge on any atom is -0.324 e. The van der Waals surface area contributed by atoms with Gasteiger partial charge in [0.1, 0.15) is 11.4 Å². The molecule has 2 rings (SSSR count). The molecular formula is C18H20Cl2N2O2. The molecule has 1 aromatic carbocycles. The van der Waals surface area contributed by atoms with Crippen LogP contribution in [0.15, 0.2) is 24.5 Å². The molecule has 4 nitrogen and oxygen atoms in total. The van der Waals surface area contributed by atoms with Crippen molar-refractivity contribution in [1.29, 1.82) is 0 Å². The first kappa shape index (κ1) is 18.7. The number of hydrogen-bond acceptors (Lipinski definition) is 3. The van der Waals surface area contributed by atoms with Gasteiger partial charge in [-0.25, -0.2) is 4.98 Å². The van der Waals surface area contributed by atoms with Crippen molar-refractivity contribution >= 4 is 35.3 Å². The highest BCUT2D eigenvalue weighted by molar-refractivity contribution is 6.37. The first-order valence-corrected chi connectivity index (χ1v) is 8.71. The molecule has 2 aromatic rings. The molecule has 0 saturated carbocycles. The lowest BCUT2D eigenvalue weighted by molar-refractivity contribution is 0.102. The van der Waals surface area contributed by atoms with Gasteiger partial charge < -0.3 is 4.57 Å². The summed E-state index contributed by atoms with van der Waals surface area (Å²) in [6.45, 7) is 6.29. The fraction of sp³-hybridized carbons (Fsp3) is 0.389. The average Bonchev–Trinajstić information content (AvgIpc) is 2.98. The van der Waals surface area contributed by atoms with Gasteiger partial charge in [-0.05, 0) is 30.5 Å². The topological polar surface area (TPSA) is 52.0 Å². The summed E-state index contributed by atoms with van der Waals surface area (Å²) in [6, 6.07) is 4.76. The number of aldehydes is 1. The van der Waals surface area contributed by atoms with Gasteiger partial charge in [0, 0.05) is 16.6 Å². The van der Waals surface area contributed by atoms with Crippen LogP contribution in [0.4, 0.5) is 0 Å². The van der Waals surface area contributed by atoms with Crippen molar-refractivity contribution in [3.8, 4) is 0 Å². The molecule has 0 aliphatic heterocycles. The molecule has 0 aliphatic carbocycles. The maximum atomic E-state index is 12.8. The van der Waals surface area contributed by atoms with Gasteiger partial charge in [-0.2, -0.15) is 0 Å². The van der Waals surface area contributed by atoms with E-state index in [0.717, 1.165) is 12.8 Å². The van der Waals surface area contributed by atoms with Crippen molar-refractivity contribution in [2.75, 3.05) is 0 Å². The van der Waals surface area contributed by atoms with Crippen LogP contribution in [0, 0.1) is 5.92 Å². The van der Waals surface area contributed by atoms with E-state index < -0.39 is 0 Å². The number of carbonyl (C=O) groups is 2. The van der Waals surface area contributed by atoms with E-state index >= 15 is 0 Å². The Morgan fingerprint density at radius 1 is 1.29 bits per heavy atom. The molecule has 0 radical (unpaired) electrons. The predicted molar refractivity (Wildman–Crippen MR) is 96.3 cm³/mol. The zero-order valence-electron chi connectivity index (χ0n) is 13.9. The highest BCUT2D eigenvalue weighted by atomic mass is 35.5. The molecule has 0 amide bonds. The van der Waals surface area contributed by atoms with E-state index in [1.807, 2.05) is 0 Å². The van der Waals surface area contributed by atoms with Gasteiger partial charge in [0.15, 0.2) is 6.29 Å². The monoisotopic (exact) mass is 366 g/mol. The van der Waals surface area contributed by atoms with E-state index in [-0.39, 0.29) is 33.8 Å². The van der Waals surface area contributed by atoms with Gasteiger partial charge in [0.2, 0.25) is 5.78 Å². The van der Waals surface area contributed by atoms with Gasteiger partial charge >= 0.3 is 0 Å². The standard InChI is InChI=1S/C18H20Cl2N2O2/c1-4-11(3)15(5-2)22-10-21-17(16(22)9-23)18(24)13-7-6-12(19)8-14(13)20/h6-11,15H,4-5H2,1-3H3. The largest absolute Gasteiger partial charge is 0.324 e. The molecule has 0 N–H and O–H groups in total. The van der Waals surface area contributed by atoms with Crippen molar-refractivity contribution in [3.63, 3.8) is 0 Å². The lowest BCUT2D eigenvalue weighted by Crippen LogP contribution is -2.18. The molecule has 6 heteroatoms. The Labute approximate surface area is 151 Å². The number of ketones is 1. The molecule has 24 heavy (non-hydrogen) atoms. The summed E-state index contributed by atoms with van der Waals surface area (Å²) in [5.74, 6) is -0.0125. The molecule has 2 unspecified atom stereocenters. The van der Waals surface area contributed by atoms with Crippen LogP contribution in [0.2, 0.25) is 10.0 Å². The van der Waals surface area contributed by atoms with E-state index in [2.05, 4.69) is 25.8 Å². The van der Waals surface area contributed by atoms with Crippen molar-refractivity contribution in [3.05, 3.63) is 51.5 Å². The quantitative estimate of drug-likeness (QED) is 0.497. The second-order valence-corrected chi connectivity index (χ2v) is 6.66. The summed E-state index contributed by atoms with van der Waals surface area (Å²) in [4.78, 5) is 28.6.